The average Bonchev–Trinajstić information content (AvgIpc) is 2.18. The standard InChI is InChI=1S/C14H22/c1-13-11-9-7-5-3-4-6-8-10-12-14(13)2/h5,7,9,11H,3-4,6,8,10,12H2,1-2H3. The third kappa shape index (κ3) is 4.45. The van der Waals surface area contributed by atoms with Gasteiger partial charge in [0.25, 0.3) is 0 Å². The molecule has 0 atom stereocenters. The fraction of sp³-hybridized carbons (Fsp3) is 0.571. The Balaban J connectivity index is 2.61. The van der Waals surface area contributed by atoms with Gasteiger partial charge in [-0.25, -0.2) is 0 Å². The Morgan fingerprint density at radius 3 is 2.57 bits per heavy atom. The number of allylic oxidation sites excluding steroid dienone is 6. The van der Waals surface area contributed by atoms with Gasteiger partial charge in [-0.15, -0.1) is 0 Å². The summed E-state index contributed by atoms with van der Waals surface area (Å²) in [5, 5.41) is 0. The summed E-state index contributed by atoms with van der Waals surface area (Å²) in [6.07, 6.45) is 16.9. The molecule has 0 bridgehead atoms. The van der Waals surface area contributed by atoms with Crippen LogP contribution < -0.4 is 0 Å². The highest BCUT2D eigenvalue weighted by atomic mass is 14.0. The van der Waals surface area contributed by atoms with E-state index in [4.69, 9.17) is 0 Å². The SMILES string of the molecule is CC1=C(C)CCCCCCC=CC=C1. The monoisotopic (exact) mass is 190 g/mol. The van der Waals surface area contributed by atoms with Crippen molar-refractivity contribution in [1.82, 2.24) is 0 Å². The van der Waals surface area contributed by atoms with Gasteiger partial charge < -0.3 is 0 Å². The molecule has 0 saturated heterocycles. The van der Waals surface area contributed by atoms with Gasteiger partial charge in [-0.05, 0) is 39.5 Å². The molecule has 0 aromatic carbocycles. The molecule has 0 amide bonds. The molecule has 0 aromatic rings. The van der Waals surface area contributed by atoms with Crippen LogP contribution in [-0.2, 0) is 0 Å². The number of rotatable bonds is 0. The van der Waals surface area contributed by atoms with Crippen LogP contribution in [0, 0.1) is 0 Å². The Labute approximate surface area is 88.4 Å². The maximum atomic E-state index is 2.28. The molecule has 0 fully saturated rings. The predicted molar refractivity (Wildman–Crippen MR) is 64.4 cm³/mol. The van der Waals surface area contributed by atoms with Crippen molar-refractivity contribution in [3.05, 3.63) is 35.5 Å². The van der Waals surface area contributed by atoms with Crippen molar-refractivity contribution in [2.24, 2.45) is 0 Å². The fourth-order valence-electron chi connectivity index (χ4n) is 1.72. The summed E-state index contributed by atoms with van der Waals surface area (Å²) in [7, 11) is 0. The molecule has 0 N–H and O–H groups in total. The molecular formula is C14H22. The molecule has 0 nitrogen and oxygen atoms in total. The Bertz CT molecular complexity index is 241. The fourth-order valence-corrected chi connectivity index (χ4v) is 1.72. The van der Waals surface area contributed by atoms with Crippen LogP contribution in [0.25, 0.3) is 0 Å². The van der Waals surface area contributed by atoms with Gasteiger partial charge in [0.15, 0.2) is 0 Å². The van der Waals surface area contributed by atoms with Crippen LogP contribution in [0.3, 0.4) is 0 Å². The summed E-state index contributed by atoms with van der Waals surface area (Å²) in [5.41, 5.74) is 2.99. The van der Waals surface area contributed by atoms with Crippen LogP contribution in [0.2, 0.25) is 0 Å². The highest BCUT2D eigenvalue weighted by molar-refractivity contribution is 5.25. The summed E-state index contributed by atoms with van der Waals surface area (Å²) in [6.45, 7) is 4.47. The Morgan fingerprint density at radius 2 is 1.71 bits per heavy atom. The number of hydrogen-bond acceptors (Lipinski definition) is 0. The van der Waals surface area contributed by atoms with Crippen molar-refractivity contribution < 1.29 is 0 Å². The van der Waals surface area contributed by atoms with E-state index < -0.39 is 0 Å². The third-order valence-corrected chi connectivity index (χ3v) is 2.94. The molecule has 0 saturated carbocycles. The zero-order valence-electron chi connectivity index (χ0n) is 9.55. The lowest BCUT2D eigenvalue weighted by molar-refractivity contribution is 0.643. The van der Waals surface area contributed by atoms with E-state index in [9.17, 15) is 0 Å². The quantitative estimate of drug-likeness (QED) is 0.515. The first-order valence-corrected chi connectivity index (χ1v) is 5.80. The average molecular weight is 190 g/mol. The van der Waals surface area contributed by atoms with Crippen LogP contribution in [-0.4, -0.2) is 0 Å². The van der Waals surface area contributed by atoms with Crippen LogP contribution >= 0.6 is 0 Å². The van der Waals surface area contributed by atoms with E-state index in [1.807, 2.05) is 0 Å². The van der Waals surface area contributed by atoms with Gasteiger partial charge in [0.05, 0.1) is 0 Å². The molecular weight excluding hydrogens is 168 g/mol. The molecule has 0 aliphatic heterocycles. The van der Waals surface area contributed by atoms with E-state index in [0.29, 0.717) is 0 Å². The van der Waals surface area contributed by atoms with E-state index in [0.717, 1.165) is 0 Å². The normalized spacial score (nSPS) is 20.4. The lowest BCUT2D eigenvalue weighted by Crippen LogP contribution is -1.85. The van der Waals surface area contributed by atoms with Gasteiger partial charge in [-0.3, -0.25) is 0 Å². The van der Waals surface area contributed by atoms with Gasteiger partial charge in [0.1, 0.15) is 0 Å². The second kappa shape index (κ2) is 6.64. The first-order valence-electron chi connectivity index (χ1n) is 5.80. The molecule has 0 spiro atoms. The molecule has 1 aliphatic carbocycles. The molecule has 0 aromatic heterocycles. The van der Waals surface area contributed by atoms with Gasteiger partial charge in [0.2, 0.25) is 0 Å². The molecule has 0 unspecified atom stereocenters. The summed E-state index contributed by atoms with van der Waals surface area (Å²) >= 11 is 0. The maximum Gasteiger partial charge on any atom is -0.0317 e. The molecule has 78 valence electrons. The van der Waals surface area contributed by atoms with Gasteiger partial charge in [0, 0.05) is 0 Å². The minimum absolute atomic E-state index is 1.24. The van der Waals surface area contributed by atoms with Crippen LogP contribution in [0.5, 0.6) is 0 Å². The largest absolute Gasteiger partial charge is 0.0845 e. The first-order chi connectivity index (χ1) is 6.80. The Hall–Kier alpha value is -0.780. The molecule has 1 aliphatic rings. The van der Waals surface area contributed by atoms with E-state index in [-0.39, 0.29) is 0 Å². The van der Waals surface area contributed by atoms with Gasteiger partial charge >= 0.3 is 0 Å². The second-order valence-electron chi connectivity index (χ2n) is 4.20. The Morgan fingerprint density at radius 1 is 0.929 bits per heavy atom. The van der Waals surface area contributed by atoms with Crippen LogP contribution in [0.4, 0.5) is 0 Å². The molecule has 14 heavy (non-hydrogen) atoms. The molecule has 0 heterocycles. The van der Waals surface area contributed by atoms with Gasteiger partial charge in [-0.1, -0.05) is 48.3 Å². The van der Waals surface area contributed by atoms with E-state index in [2.05, 4.69) is 38.2 Å². The van der Waals surface area contributed by atoms with E-state index in [1.54, 1.807) is 5.57 Å². The highest BCUT2D eigenvalue weighted by Gasteiger charge is 1.95. The van der Waals surface area contributed by atoms with Crippen molar-refractivity contribution in [1.29, 1.82) is 0 Å². The summed E-state index contributed by atoms with van der Waals surface area (Å²) < 4.78 is 0. The molecule has 0 radical (unpaired) electrons. The Kier molecular flexibility index (Phi) is 5.36. The molecule has 1 rings (SSSR count). The van der Waals surface area contributed by atoms with Crippen molar-refractivity contribution in [2.45, 2.75) is 52.4 Å². The van der Waals surface area contributed by atoms with Crippen LogP contribution in [0.15, 0.2) is 35.5 Å². The van der Waals surface area contributed by atoms with Crippen LogP contribution in [0.1, 0.15) is 52.4 Å². The lowest BCUT2D eigenvalue weighted by atomic mass is 10.0. The summed E-state index contributed by atoms with van der Waals surface area (Å²) in [6, 6.07) is 0. The minimum atomic E-state index is 1.24. The number of hydrogen-bond donors (Lipinski definition) is 0. The second-order valence-corrected chi connectivity index (χ2v) is 4.20. The van der Waals surface area contributed by atoms with Crippen molar-refractivity contribution in [2.75, 3.05) is 0 Å². The van der Waals surface area contributed by atoms with Gasteiger partial charge in [-0.2, -0.15) is 0 Å². The zero-order chi connectivity index (χ0) is 10.2. The predicted octanol–water partition coefficient (Wildman–Crippen LogP) is 4.79. The summed E-state index contributed by atoms with van der Waals surface area (Å²) in [5.74, 6) is 0. The minimum Gasteiger partial charge on any atom is -0.0845 e. The zero-order valence-corrected chi connectivity index (χ0v) is 9.55. The van der Waals surface area contributed by atoms with Crippen molar-refractivity contribution in [3.63, 3.8) is 0 Å². The smallest absolute Gasteiger partial charge is 0.0317 e. The third-order valence-electron chi connectivity index (χ3n) is 2.94. The summed E-state index contributed by atoms with van der Waals surface area (Å²) in [4.78, 5) is 0. The van der Waals surface area contributed by atoms with Crippen molar-refractivity contribution >= 4 is 0 Å². The highest BCUT2D eigenvalue weighted by Crippen LogP contribution is 2.15. The van der Waals surface area contributed by atoms with E-state index >= 15 is 0 Å². The topological polar surface area (TPSA) is 0 Å². The first kappa shape index (κ1) is 11.3. The van der Waals surface area contributed by atoms with E-state index in [1.165, 1.54) is 44.1 Å². The lowest BCUT2D eigenvalue weighted by Gasteiger charge is -2.05. The maximum absolute atomic E-state index is 2.28. The van der Waals surface area contributed by atoms with Crippen molar-refractivity contribution in [3.8, 4) is 0 Å². The molecule has 0 heteroatoms.